The van der Waals surface area contributed by atoms with Gasteiger partial charge in [-0.15, -0.1) is 0 Å². The molecule has 1 aromatic rings. The predicted molar refractivity (Wildman–Crippen MR) is 55.6 cm³/mol. The first kappa shape index (κ1) is 10.3. The summed E-state index contributed by atoms with van der Waals surface area (Å²) in [5, 5.41) is 3.13. The SMILES string of the molecule is CCNCc1nc2c(c(=O)[nH]1)COCC2. The van der Waals surface area contributed by atoms with Crippen molar-refractivity contribution in [2.24, 2.45) is 0 Å². The molecular formula is C10H15N3O2. The molecule has 2 N–H and O–H groups in total. The zero-order valence-corrected chi connectivity index (χ0v) is 8.80. The van der Waals surface area contributed by atoms with Gasteiger partial charge in [-0.3, -0.25) is 4.79 Å². The minimum Gasteiger partial charge on any atom is -0.376 e. The molecule has 0 bridgehead atoms. The first-order chi connectivity index (χ1) is 7.31. The van der Waals surface area contributed by atoms with Crippen molar-refractivity contribution in [1.29, 1.82) is 0 Å². The van der Waals surface area contributed by atoms with Crippen LogP contribution in [0, 0.1) is 0 Å². The van der Waals surface area contributed by atoms with E-state index in [1.165, 1.54) is 0 Å². The van der Waals surface area contributed by atoms with Crippen LogP contribution in [0.1, 0.15) is 24.0 Å². The number of rotatable bonds is 3. The molecule has 0 saturated heterocycles. The van der Waals surface area contributed by atoms with Crippen molar-refractivity contribution in [2.75, 3.05) is 13.2 Å². The Morgan fingerprint density at radius 2 is 2.47 bits per heavy atom. The van der Waals surface area contributed by atoms with Crippen molar-refractivity contribution in [3.63, 3.8) is 0 Å². The molecule has 0 unspecified atom stereocenters. The Morgan fingerprint density at radius 3 is 3.27 bits per heavy atom. The minimum atomic E-state index is -0.0624. The molecule has 0 aromatic carbocycles. The monoisotopic (exact) mass is 209 g/mol. The summed E-state index contributed by atoms with van der Waals surface area (Å²) < 4.78 is 5.22. The van der Waals surface area contributed by atoms with E-state index in [4.69, 9.17) is 4.74 Å². The summed E-state index contributed by atoms with van der Waals surface area (Å²) in [5.41, 5.74) is 1.51. The van der Waals surface area contributed by atoms with Gasteiger partial charge in [0.25, 0.3) is 5.56 Å². The van der Waals surface area contributed by atoms with Gasteiger partial charge in [-0.1, -0.05) is 6.92 Å². The summed E-state index contributed by atoms with van der Waals surface area (Å²) in [6.45, 7) is 4.54. The number of H-pyrrole nitrogens is 1. The number of ether oxygens (including phenoxy) is 1. The molecule has 15 heavy (non-hydrogen) atoms. The second kappa shape index (κ2) is 4.55. The summed E-state index contributed by atoms with van der Waals surface area (Å²) in [7, 11) is 0. The molecule has 0 atom stereocenters. The standard InChI is InChI=1S/C10H15N3O2/c1-2-11-5-9-12-8-3-4-15-6-7(8)10(14)13-9/h11H,2-6H2,1H3,(H,12,13,14). The fourth-order valence-electron chi connectivity index (χ4n) is 1.62. The molecule has 1 aliphatic rings. The topological polar surface area (TPSA) is 67.0 Å². The van der Waals surface area contributed by atoms with E-state index in [-0.39, 0.29) is 5.56 Å². The molecular weight excluding hydrogens is 194 g/mol. The average molecular weight is 209 g/mol. The summed E-state index contributed by atoms with van der Waals surface area (Å²) in [4.78, 5) is 18.8. The van der Waals surface area contributed by atoms with E-state index in [2.05, 4.69) is 15.3 Å². The van der Waals surface area contributed by atoms with Crippen LogP contribution in [0.15, 0.2) is 4.79 Å². The van der Waals surface area contributed by atoms with Crippen molar-refractivity contribution < 1.29 is 4.74 Å². The third-order valence-electron chi connectivity index (χ3n) is 2.42. The summed E-state index contributed by atoms with van der Waals surface area (Å²) in [6, 6.07) is 0. The Labute approximate surface area is 87.9 Å². The molecule has 5 nitrogen and oxygen atoms in total. The maximum Gasteiger partial charge on any atom is 0.256 e. The van der Waals surface area contributed by atoms with E-state index in [0.717, 1.165) is 18.7 Å². The van der Waals surface area contributed by atoms with Crippen molar-refractivity contribution in [2.45, 2.75) is 26.5 Å². The van der Waals surface area contributed by atoms with Gasteiger partial charge in [-0.05, 0) is 6.54 Å². The molecule has 1 aliphatic heterocycles. The molecule has 0 aliphatic carbocycles. The van der Waals surface area contributed by atoms with Crippen LogP contribution in [0.25, 0.3) is 0 Å². The molecule has 0 saturated carbocycles. The van der Waals surface area contributed by atoms with E-state index < -0.39 is 0 Å². The Hall–Kier alpha value is -1.20. The predicted octanol–water partition coefficient (Wildman–Crippen LogP) is -0.0479. The maximum atomic E-state index is 11.6. The summed E-state index contributed by atoms with van der Waals surface area (Å²) >= 11 is 0. The number of hydrogen-bond donors (Lipinski definition) is 2. The lowest BCUT2D eigenvalue weighted by molar-refractivity contribution is 0.108. The highest BCUT2D eigenvalue weighted by Crippen LogP contribution is 2.09. The average Bonchev–Trinajstić information content (AvgIpc) is 2.26. The highest BCUT2D eigenvalue weighted by atomic mass is 16.5. The Bertz CT molecular complexity index is 400. The first-order valence-electron chi connectivity index (χ1n) is 5.20. The van der Waals surface area contributed by atoms with Crippen LogP contribution in [-0.4, -0.2) is 23.1 Å². The van der Waals surface area contributed by atoms with Crippen molar-refractivity contribution >= 4 is 0 Å². The largest absolute Gasteiger partial charge is 0.376 e. The lowest BCUT2D eigenvalue weighted by atomic mass is 10.1. The third kappa shape index (κ3) is 2.24. The van der Waals surface area contributed by atoms with Crippen LogP contribution < -0.4 is 10.9 Å². The second-order valence-corrected chi connectivity index (χ2v) is 3.52. The number of nitrogens with one attached hydrogen (secondary N) is 2. The van der Waals surface area contributed by atoms with Gasteiger partial charge in [0.15, 0.2) is 0 Å². The molecule has 0 spiro atoms. The fraction of sp³-hybridized carbons (Fsp3) is 0.600. The fourth-order valence-corrected chi connectivity index (χ4v) is 1.62. The molecule has 2 heterocycles. The molecule has 0 amide bonds. The second-order valence-electron chi connectivity index (χ2n) is 3.52. The van der Waals surface area contributed by atoms with E-state index >= 15 is 0 Å². The zero-order chi connectivity index (χ0) is 10.7. The van der Waals surface area contributed by atoms with Gasteiger partial charge in [0, 0.05) is 6.42 Å². The molecule has 0 fully saturated rings. The van der Waals surface area contributed by atoms with Gasteiger partial charge in [0.1, 0.15) is 5.82 Å². The van der Waals surface area contributed by atoms with Crippen LogP contribution in [0.4, 0.5) is 0 Å². The Morgan fingerprint density at radius 1 is 1.60 bits per heavy atom. The molecule has 2 rings (SSSR count). The van der Waals surface area contributed by atoms with Crippen LogP contribution in [0.2, 0.25) is 0 Å². The van der Waals surface area contributed by atoms with Gasteiger partial charge >= 0.3 is 0 Å². The van der Waals surface area contributed by atoms with Crippen molar-refractivity contribution in [1.82, 2.24) is 15.3 Å². The molecule has 1 aromatic heterocycles. The highest BCUT2D eigenvalue weighted by molar-refractivity contribution is 5.19. The van der Waals surface area contributed by atoms with Crippen LogP contribution in [-0.2, 0) is 24.3 Å². The van der Waals surface area contributed by atoms with Gasteiger partial charge in [0.2, 0.25) is 0 Å². The number of aromatic nitrogens is 2. The summed E-state index contributed by atoms with van der Waals surface area (Å²) in [6.07, 6.45) is 0.735. The van der Waals surface area contributed by atoms with E-state index in [0.29, 0.717) is 31.1 Å². The van der Waals surface area contributed by atoms with Gasteiger partial charge < -0.3 is 15.0 Å². The zero-order valence-electron chi connectivity index (χ0n) is 8.80. The van der Waals surface area contributed by atoms with Gasteiger partial charge in [-0.25, -0.2) is 4.98 Å². The molecule has 0 radical (unpaired) electrons. The number of fused-ring (bicyclic) bond motifs is 1. The number of hydrogen-bond acceptors (Lipinski definition) is 4. The minimum absolute atomic E-state index is 0.0624. The normalized spacial score (nSPS) is 15.0. The lowest BCUT2D eigenvalue weighted by Gasteiger charge is -2.15. The van der Waals surface area contributed by atoms with Crippen molar-refractivity contribution in [3.8, 4) is 0 Å². The van der Waals surface area contributed by atoms with Crippen molar-refractivity contribution in [3.05, 3.63) is 27.4 Å². The lowest BCUT2D eigenvalue weighted by Crippen LogP contribution is -2.27. The molecule has 5 heteroatoms. The molecule has 82 valence electrons. The van der Waals surface area contributed by atoms with Crippen LogP contribution in [0.5, 0.6) is 0 Å². The van der Waals surface area contributed by atoms with E-state index in [1.807, 2.05) is 6.92 Å². The Balaban J connectivity index is 2.28. The van der Waals surface area contributed by atoms with E-state index in [1.54, 1.807) is 0 Å². The highest BCUT2D eigenvalue weighted by Gasteiger charge is 2.15. The summed E-state index contributed by atoms with van der Waals surface area (Å²) in [5.74, 6) is 0.711. The van der Waals surface area contributed by atoms with Crippen LogP contribution in [0.3, 0.4) is 0 Å². The van der Waals surface area contributed by atoms with E-state index in [9.17, 15) is 4.79 Å². The quantitative estimate of drug-likeness (QED) is 0.732. The van der Waals surface area contributed by atoms with Crippen LogP contribution >= 0.6 is 0 Å². The maximum absolute atomic E-state index is 11.6. The van der Waals surface area contributed by atoms with Gasteiger partial charge in [-0.2, -0.15) is 0 Å². The number of aromatic amines is 1. The smallest absolute Gasteiger partial charge is 0.256 e. The first-order valence-corrected chi connectivity index (χ1v) is 5.20. The third-order valence-corrected chi connectivity index (χ3v) is 2.42. The Kier molecular flexibility index (Phi) is 3.13. The van der Waals surface area contributed by atoms with Gasteiger partial charge in [0.05, 0.1) is 31.0 Å². The number of nitrogens with zero attached hydrogens (tertiary/aromatic N) is 1.